The zero-order chi connectivity index (χ0) is 13.9. The second kappa shape index (κ2) is 6.20. The molecule has 0 aliphatic rings. The van der Waals surface area contributed by atoms with Gasteiger partial charge in [-0.05, 0) is 20.3 Å². The van der Waals surface area contributed by atoms with Crippen LogP contribution in [0.2, 0.25) is 5.15 Å². The van der Waals surface area contributed by atoms with Crippen molar-refractivity contribution in [2.45, 2.75) is 32.8 Å². The first kappa shape index (κ1) is 15.0. The number of aromatic nitrogens is 2. The van der Waals surface area contributed by atoms with Crippen LogP contribution in [0.15, 0.2) is 0 Å². The summed E-state index contributed by atoms with van der Waals surface area (Å²) in [5.41, 5.74) is 1.55. The fourth-order valence-corrected chi connectivity index (χ4v) is 1.91. The average Bonchev–Trinajstić information content (AvgIpc) is 2.52. The first-order valence-electron chi connectivity index (χ1n) is 5.93. The molecule has 18 heavy (non-hydrogen) atoms. The normalized spacial score (nSPS) is 12.6. The molecule has 0 aromatic carbocycles. The zero-order valence-corrected chi connectivity index (χ0v) is 12.0. The van der Waals surface area contributed by atoms with Gasteiger partial charge in [0.2, 0.25) is 5.91 Å². The van der Waals surface area contributed by atoms with Gasteiger partial charge in [-0.2, -0.15) is 5.10 Å². The molecule has 1 N–H and O–H groups in total. The van der Waals surface area contributed by atoms with Crippen LogP contribution >= 0.6 is 11.6 Å². The van der Waals surface area contributed by atoms with E-state index in [1.165, 1.54) is 0 Å². The number of aryl methyl sites for hydroxylation is 2. The number of nitrogens with zero attached hydrogens (tertiary/aromatic N) is 3. The Balaban J connectivity index is 2.64. The first-order valence-corrected chi connectivity index (χ1v) is 6.30. The van der Waals surface area contributed by atoms with Gasteiger partial charge in [-0.15, -0.1) is 0 Å². The first-order chi connectivity index (χ1) is 8.32. The molecule has 0 spiro atoms. The number of aliphatic hydroxyl groups is 1. The summed E-state index contributed by atoms with van der Waals surface area (Å²) in [6.45, 7) is 4.08. The lowest BCUT2D eigenvalue weighted by atomic mass is 10.1. The van der Waals surface area contributed by atoms with Gasteiger partial charge in [0.1, 0.15) is 5.15 Å². The average molecular weight is 274 g/mol. The largest absolute Gasteiger partial charge is 0.393 e. The van der Waals surface area contributed by atoms with Gasteiger partial charge in [-0.25, -0.2) is 0 Å². The van der Waals surface area contributed by atoms with Crippen molar-refractivity contribution >= 4 is 17.5 Å². The fraction of sp³-hybridized carbons (Fsp3) is 0.667. The van der Waals surface area contributed by atoms with Gasteiger partial charge in [0.15, 0.2) is 0 Å². The molecule has 1 aromatic heterocycles. The monoisotopic (exact) mass is 273 g/mol. The molecule has 0 aliphatic carbocycles. The van der Waals surface area contributed by atoms with Crippen LogP contribution in [0.5, 0.6) is 0 Å². The smallest absolute Gasteiger partial charge is 0.226 e. The SMILES string of the molecule is Cc1nn(C)c(Cl)c1CC(=O)N(C)CCC(C)O. The minimum Gasteiger partial charge on any atom is -0.393 e. The molecule has 0 saturated carbocycles. The highest BCUT2D eigenvalue weighted by Gasteiger charge is 2.17. The summed E-state index contributed by atoms with van der Waals surface area (Å²) in [7, 11) is 3.48. The lowest BCUT2D eigenvalue weighted by Gasteiger charge is -2.18. The second-order valence-corrected chi connectivity index (χ2v) is 4.97. The molecule has 0 bridgehead atoms. The molecule has 1 aromatic rings. The van der Waals surface area contributed by atoms with E-state index in [1.807, 2.05) is 6.92 Å². The molecule has 1 amide bonds. The number of carbonyl (C=O) groups is 1. The van der Waals surface area contributed by atoms with Crippen LogP contribution in [0.3, 0.4) is 0 Å². The number of rotatable bonds is 5. The summed E-state index contributed by atoms with van der Waals surface area (Å²) in [6.07, 6.45) is 0.417. The number of carbonyl (C=O) groups excluding carboxylic acids is 1. The molecule has 0 radical (unpaired) electrons. The fourth-order valence-electron chi connectivity index (χ4n) is 1.67. The van der Waals surface area contributed by atoms with Crippen LogP contribution in [0.25, 0.3) is 0 Å². The molecular weight excluding hydrogens is 254 g/mol. The topological polar surface area (TPSA) is 58.4 Å². The van der Waals surface area contributed by atoms with Crippen LogP contribution in [0.1, 0.15) is 24.6 Å². The second-order valence-electron chi connectivity index (χ2n) is 4.61. The van der Waals surface area contributed by atoms with Crippen molar-refractivity contribution in [1.82, 2.24) is 14.7 Å². The van der Waals surface area contributed by atoms with Crippen LogP contribution in [0, 0.1) is 6.92 Å². The standard InChI is InChI=1S/C12H20ClN3O2/c1-8(17)5-6-15(3)11(18)7-10-9(2)14-16(4)12(10)13/h8,17H,5-7H2,1-4H3. The Hall–Kier alpha value is -1.07. The van der Waals surface area contributed by atoms with Gasteiger partial charge in [-0.1, -0.05) is 11.6 Å². The van der Waals surface area contributed by atoms with Gasteiger partial charge < -0.3 is 10.0 Å². The van der Waals surface area contributed by atoms with Crippen molar-refractivity contribution in [2.24, 2.45) is 7.05 Å². The third-order valence-electron chi connectivity index (χ3n) is 2.91. The zero-order valence-electron chi connectivity index (χ0n) is 11.3. The lowest BCUT2D eigenvalue weighted by molar-refractivity contribution is -0.129. The van der Waals surface area contributed by atoms with Crippen LogP contribution in [-0.2, 0) is 18.3 Å². The molecule has 1 atom stereocenters. The van der Waals surface area contributed by atoms with Crippen molar-refractivity contribution < 1.29 is 9.90 Å². The molecule has 5 nitrogen and oxygen atoms in total. The van der Waals surface area contributed by atoms with E-state index in [0.29, 0.717) is 18.1 Å². The number of aliphatic hydroxyl groups excluding tert-OH is 1. The van der Waals surface area contributed by atoms with E-state index in [9.17, 15) is 9.90 Å². The van der Waals surface area contributed by atoms with Crippen LogP contribution < -0.4 is 0 Å². The van der Waals surface area contributed by atoms with Crippen molar-refractivity contribution in [1.29, 1.82) is 0 Å². The summed E-state index contributed by atoms with van der Waals surface area (Å²) in [4.78, 5) is 13.6. The van der Waals surface area contributed by atoms with Gasteiger partial charge in [-0.3, -0.25) is 9.48 Å². The molecule has 1 heterocycles. The quantitative estimate of drug-likeness (QED) is 0.876. The summed E-state index contributed by atoms with van der Waals surface area (Å²) in [5.74, 6) is -0.0198. The highest BCUT2D eigenvalue weighted by Crippen LogP contribution is 2.19. The molecule has 1 rings (SSSR count). The van der Waals surface area contributed by atoms with E-state index in [-0.39, 0.29) is 12.3 Å². The van der Waals surface area contributed by atoms with E-state index < -0.39 is 6.10 Å². The number of amides is 1. The van der Waals surface area contributed by atoms with Gasteiger partial charge in [0.25, 0.3) is 0 Å². The van der Waals surface area contributed by atoms with Gasteiger partial charge in [0.05, 0.1) is 18.2 Å². The van der Waals surface area contributed by atoms with Crippen molar-refractivity contribution in [3.63, 3.8) is 0 Å². The molecule has 6 heteroatoms. The Morgan fingerprint density at radius 1 is 1.61 bits per heavy atom. The minimum absolute atomic E-state index is 0.0198. The Bertz CT molecular complexity index is 429. The summed E-state index contributed by atoms with van der Waals surface area (Å²) < 4.78 is 1.56. The Morgan fingerprint density at radius 2 is 2.22 bits per heavy atom. The molecule has 0 fully saturated rings. The van der Waals surface area contributed by atoms with Crippen LogP contribution in [-0.4, -0.2) is 45.4 Å². The van der Waals surface area contributed by atoms with Gasteiger partial charge >= 0.3 is 0 Å². The van der Waals surface area contributed by atoms with E-state index in [1.54, 1.807) is 30.6 Å². The summed E-state index contributed by atoms with van der Waals surface area (Å²) >= 11 is 6.08. The maximum atomic E-state index is 12.0. The number of halogens is 1. The highest BCUT2D eigenvalue weighted by molar-refractivity contribution is 6.30. The molecule has 102 valence electrons. The maximum absolute atomic E-state index is 12.0. The third kappa shape index (κ3) is 3.71. The molecule has 1 unspecified atom stereocenters. The van der Waals surface area contributed by atoms with E-state index in [0.717, 1.165) is 11.3 Å². The summed E-state index contributed by atoms with van der Waals surface area (Å²) in [6, 6.07) is 0. The predicted molar refractivity (Wildman–Crippen MR) is 70.6 cm³/mol. The lowest BCUT2D eigenvalue weighted by Crippen LogP contribution is -2.30. The van der Waals surface area contributed by atoms with E-state index >= 15 is 0 Å². The molecular formula is C12H20ClN3O2. The predicted octanol–water partition coefficient (Wildman–Crippen LogP) is 1.15. The summed E-state index contributed by atoms with van der Waals surface area (Å²) in [5, 5.41) is 13.9. The Kier molecular flexibility index (Phi) is 5.16. The van der Waals surface area contributed by atoms with E-state index in [2.05, 4.69) is 5.10 Å². The minimum atomic E-state index is -0.399. The third-order valence-corrected chi connectivity index (χ3v) is 3.38. The van der Waals surface area contributed by atoms with Crippen LogP contribution in [0.4, 0.5) is 0 Å². The maximum Gasteiger partial charge on any atom is 0.226 e. The number of hydrogen-bond donors (Lipinski definition) is 1. The van der Waals surface area contributed by atoms with E-state index in [4.69, 9.17) is 11.6 Å². The Morgan fingerprint density at radius 3 is 2.67 bits per heavy atom. The number of hydrogen-bond acceptors (Lipinski definition) is 3. The Labute approximate surface area is 112 Å². The van der Waals surface area contributed by atoms with Crippen molar-refractivity contribution in [3.05, 3.63) is 16.4 Å². The molecule has 0 saturated heterocycles. The molecule has 0 aliphatic heterocycles. The van der Waals surface area contributed by atoms with Gasteiger partial charge in [0, 0.05) is 26.2 Å². The van der Waals surface area contributed by atoms with Crippen molar-refractivity contribution in [3.8, 4) is 0 Å². The number of likely N-dealkylation sites (N-methyl/N-ethyl adjacent to an activating group) is 1. The van der Waals surface area contributed by atoms with Crippen molar-refractivity contribution in [2.75, 3.05) is 13.6 Å². The highest BCUT2D eigenvalue weighted by atomic mass is 35.5.